The summed E-state index contributed by atoms with van der Waals surface area (Å²) < 4.78 is 1.84. The van der Waals surface area contributed by atoms with Gasteiger partial charge in [0.05, 0.1) is 0 Å². The molecule has 1 aromatic heterocycles. The first-order chi connectivity index (χ1) is 10.2. The van der Waals surface area contributed by atoms with Crippen molar-refractivity contribution in [1.82, 2.24) is 9.47 Å². The minimum Gasteiger partial charge on any atom is -0.329 e. The van der Waals surface area contributed by atoms with Crippen molar-refractivity contribution in [3.05, 3.63) is 56.6 Å². The second-order valence-electron chi connectivity index (χ2n) is 5.16. The number of thiazole rings is 1. The van der Waals surface area contributed by atoms with Gasteiger partial charge in [0.2, 0.25) is 0 Å². The highest BCUT2D eigenvalue weighted by Gasteiger charge is 2.07. The summed E-state index contributed by atoms with van der Waals surface area (Å²) in [5.41, 5.74) is 8.08. The maximum Gasteiger partial charge on any atom is 0.307 e. The lowest BCUT2D eigenvalue weighted by molar-refractivity contribution is 0.271. The maximum absolute atomic E-state index is 11.7. The van der Waals surface area contributed by atoms with E-state index < -0.39 is 0 Å². The van der Waals surface area contributed by atoms with E-state index in [2.05, 4.69) is 29.2 Å². The number of aryl methyl sites for hydroxylation is 1. The molecule has 0 aliphatic carbocycles. The van der Waals surface area contributed by atoms with Crippen LogP contribution in [0.5, 0.6) is 0 Å². The topological polar surface area (TPSA) is 51.3 Å². The number of rotatable bonds is 8. The number of halogens is 1. The van der Waals surface area contributed by atoms with Crippen LogP contribution in [0, 0.1) is 6.92 Å². The molecule has 0 unspecified atom stereocenters. The van der Waals surface area contributed by atoms with E-state index >= 15 is 0 Å². The second-order valence-corrected chi connectivity index (χ2v) is 5.98. The summed E-state index contributed by atoms with van der Waals surface area (Å²) in [5.74, 6) is 0. The van der Waals surface area contributed by atoms with Crippen LogP contribution < -0.4 is 10.6 Å². The van der Waals surface area contributed by atoms with Crippen LogP contribution in [0.4, 0.5) is 0 Å². The minimum atomic E-state index is 0. The predicted octanol–water partition coefficient (Wildman–Crippen LogP) is 2.14. The number of benzene rings is 1. The Morgan fingerprint density at radius 3 is 2.50 bits per heavy atom. The monoisotopic (exact) mass is 341 g/mol. The number of aromatic nitrogens is 1. The van der Waals surface area contributed by atoms with Crippen molar-refractivity contribution in [3.8, 4) is 0 Å². The SMILES string of the molecule is Cc1csc(=O)n1CCN(CCN)CCc1ccccc1.Cl. The first-order valence-electron chi connectivity index (χ1n) is 7.32. The fourth-order valence-electron chi connectivity index (χ4n) is 2.37. The van der Waals surface area contributed by atoms with Gasteiger partial charge in [-0.1, -0.05) is 41.7 Å². The molecule has 0 bridgehead atoms. The zero-order valence-corrected chi connectivity index (χ0v) is 14.5. The van der Waals surface area contributed by atoms with Crippen molar-refractivity contribution >= 4 is 23.7 Å². The number of hydrogen-bond acceptors (Lipinski definition) is 4. The highest BCUT2D eigenvalue weighted by atomic mass is 35.5. The molecule has 22 heavy (non-hydrogen) atoms. The largest absolute Gasteiger partial charge is 0.329 e. The molecule has 2 rings (SSSR count). The van der Waals surface area contributed by atoms with Gasteiger partial charge in [0, 0.05) is 43.8 Å². The Morgan fingerprint density at radius 2 is 1.91 bits per heavy atom. The molecule has 4 nitrogen and oxygen atoms in total. The van der Waals surface area contributed by atoms with Gasteiger partial charge < -0.3 is 10.3 Å². The zero-order valence-electron chi connectivity index (χ0n) is 12.9. The summed E-state index contributed by atoms with van der Waals surface area (Å²) >= 11 is 1.27. The quantitative estimate of drug-likeness (QED) is 0.800. The van der Waals surface area contributed by atoms with Crippen molar-refractivity contribution in [2.24, 2.45) is 5.73 Å². The van der Waals surface area contributed by atoms with Gasteiger partial charge in [0.15, 0.2) is 0 Å². The highest BCUT2D eigenvalue weighted by molar-refractivity contribution is 7.07. The molecule has 0 atom stereocenters. The van der Waals surface area contributed by atoms with Crippen molar-refractivity contribution in [2.75, 3.05) is 26.2 Å². The number of hydrogen-bond donors (Lipinski definition) is 1. The van der Waals surface area contributed by atoms with E-state index in [1.807, 2.05) is 22.9 Å². The van der Waals surface area contributed by atoms with E-state index in [1.165, 1.54) is 16.9 Å². The van der Waals surface area contributed by atoms with Crippen LogP contribution in [-0.4, -0.2) is 35.6 Å². The third kappa shape index (κ3) is 5.57. The standard InChI is InChI=1S/C16H23N3OS.ClH/c1-14-13-21-16(20)19(14)12-11-18(10-8-17)9-7-15-5-3-2-4-6-15;/h2-6,13H,7-12,17H2,1H3;1H. The van der Waals surface area contributed by atoms with Gasteiger partial charge in [0.25, 0.3) is 0 Å². The number of nitrogens with two attached hydrogens (primary N) is 1. The molecule has 0 aliphatic heterocycles. The van der Waals surface area contributed by atoms with Crippen LogP contribution in [-0.2, 0) is 13.0 Å². The van der Waals surface area contributed by atoms with E-state index in [9.17, 15) is 4.79 Å². The molecule has 0 radical (unpaired) electrons. The summed E-state index contributed by atoms with van der Waals surface area (Å²) in [4.78, 5) is 14.2. The average molecular weight is 342 g/mol. The highest BCUT2D eigenvalue weighted by Crippen LogP contribution is 2.03. The molecule has 0 amide bonds. The van der Waals surface area contributed by atoms with Crippen LogP contribution in [0.15, 0.2) is 40.5 Å². The molecule has 1 aromatic carbocycles. The van der Waals surface area contributed by atoms with E-state index in [0.29, 0.717) is 6.54 Å². The summed E-state index contributed by atoms with van der Waals surface area (Å²) in [6.07, 6.45) is 1.01. The molecule has 122 valence electrons. The molecule has 1 heterocycles. The molecule has 0 saturated carbocycles. The van der Waals surface area contributed by atoms with Gasteiger partial charge in [0.1, 0.15) is 0 Å². The van der Waals surface area contributed by atoms with E-state index in [4.69, 9.17) is 5.73 Å². The van der Waals surface area contributed by atoms with Crippen molar-refractivity contribution in [2.45, 2.75) is 19.9 Å². The van der Waals surface area contributed by atoms with Crippen LogP contribution in [0.25, 0.3) is 0 Å². The van der Waals surface area contributed by atoms with Crippen LogP contribution in [0.2, 0.25) is 0 Å². The Hall–Kier alpha value is -1.14. The van der Waals surface area contributed by atoms with Crippen LogP contribution in [0.3, 0.4) is 0 Å². The van der Waals surface area contributed by atoms with E-state index in [0.717, 1.165) is 38.3 Å². The molecular formula is C16H24ClN3OS. The van der Waals surface area contributed by atoms with E-state index in [-0.39, 0.29) is 17.3 Å². The fraction of sp³-hybridized carbons (Fsp3) is 0.438. The lowest BCUT2D eigenvalue weighted by Crippen LogP contribution is -2.35. The lowest BCUT2D eigenvalue weighted by atomic mass is 10.1. The normalized spacial score (nSPS) is 10.7. The second kappa shape index (κ2) is 9.79. The van der Waals surface area contributed by atoms with Crippen molar-refractivity contribution in [1.29, 1.82) is 0 Å². The Bertz CT molecular complexity index is 597. The first kappa shape index (κ1) is 18.9. The van der Waals surface area contributed by atoms with E-state index in [1.54, 1.807) is 0 Å². The third-order valence-corrected chi connectivity index (χ3v) is 4.50. The van der Waals surface area contributed by atoms with Gasteiger partial charge >= 0.3 is 4.87 Å². The molecule has 0 spiro atoms. The molecule has 0 fully saturated rings. The van der Waals surface area contributed by atoms with Gasteiger partial charge in [-0.05, 0) is 18.9 Å². The predicted molar refractivity (Wildman–Crippen MR) is 96.2 cm³/mol. The summed E-state index contributed by atoms with van der Waals surface area (Å²) in [6.45, 7) is 6.07. The van der Waals surface area contributed by atoms with Crippen LogP contribution >= 0.6 is 23.7 Å². The first-order valence-corrected chi connectivity index (χ1v) is 8.20. The average Bonchev–Trinajstić information content (AvgIpc) is 2.82. The Kier molecular flexibility index (Phi) is 8.42. The molecule has 0 aliphatic rings. The summed E-state index contributed by atoms with van der Waals surface area (Å²) in [6, 6.07) is 10.5. The fourth-order valence-corrected chi connectivity index (χ4v) is 3.13. The lowest BCUT2D eigenvalue weighted by Gasteiger charge is -2.22. The molecule has 2 aromatic rings. The van der Waals surface area contributed by atoms with Gasteiger partial charge in [-0.3, -0.25) is 9.69 Å². The Balaban J connectivity index is 0.00000242. The molecular weight excluding hydrogens is 318 g/mol. The zero-order chi connectivity index (χ0) is 15.1. The smallest absolute Gasteiger partial charge is 0.307 e. The van der Waals surface area contributed by atoms with Crippen molar-refractivity contribution < 1.29 is 0 Å². The van der Waals surface area contributed by atoms with Gasteiger partial charge in [-0.15, -0.1) is 12.4 Å². The van der Waals surface area contributed by atoms with Crippen molar-refractivity contribution in [3.63, 3.8) is 0 Å². The molecule has 0 saturated heterocycles. The Morgan fingerprint density at radius 1 is 1.18 bits per heavy atom. The Labute approximate surface area is 142 Å². The van der Waals surface area contributed by atoms with Crippen LogP contribution in [0.1, 0.15) is 11.3 Å². The maximum atomic E-state index is 11.7. The minimum absolute atomic E-state index is 0. The van der Waals surface area contributed by atoms with Gasteiger partial charge in [-0.25, -0.2) is 0 Å². The summed E-state index contributed by atoms with van der Waals surface area (Å²) in [5, 5.41) is 1.92. The third-order valence-electron chi connectivity index (χ3n) is 3.62. The molecule has 2 N–H and O–H groups in total. The molecule has 6 heteroatoms. The summed E-state index contributed by atoms with van der Waals surface area (Å²) in [7, 11) is 0. The van der Waals surface area contributed by atoms with Gasteiger partial charge in [-0.2, -0.15) is 0 Å². The number of nitrogens with zero attached hydrogens (tertiary/aromatic N) is 2.